The second-order valence-electron chi connectivity index (χ2n) is 11.5. The summed E-state index contributed by atoms with van der Waals surface area (Å²) in [5.41, 5.74) is 5.88. The molecule has 0 atom stereocenters. The van der Waals surface area contributed by atoms with Crippen molar-refractivity contribution in [1.29, 1.82) is 0 Å². The normalized spacial score (nSPS) is 11.8. The van der Waals surface area contributed by atoms with E-state index in [4.69, 9.17) is 0 Å². The van der Waals surface area contributed by atoms with Gasteiger partial charge in [0.1, 0.15) is 0 Å². The van der Waals surface area contributed by atoms with Crippen molar-refractivity contribution in [1.82, 2.24) is 0 Å². The van der Waals surface area contributed by atoms with Crippen molar-refractivity contribution in [3.63, 3.8) is 0 Å². The van der Waals surface area contributed by atoms with E-state index < -0.39 is 14.3 Å². The van der Waals surface area contributed by atoms with E-state index in [9.17, 15) is 0 Å². The molecule has 0 bridgehead atoms. The lowest BCUT2D eigenvalue weighted by Crippen LogP contribution is -2.31. The highest BCUT2D eigenvalue weighted by Crippen LogP contribution is 2.50. The van der Waals surface area contributed by atoms with E-state index in [1.165, 1.54) is 0 Å². The summed E-state index contributed by atoms with van der Waals surface area (Å²) in [6.07, 6.45) is 0. The van der Waals surface area contributed by atoms with Crippen molar-refractivity contribution in [2.75, 3.05) is 0 Å². The van der Waals surface area contributed by atoms with Crippen LogP contribution in [-0.2, 0) is 9.13 Å². The van der Waals surface area contributed by atoms with Crippen LogP contribution in [0.25, 0.3) is 11.1 Å². The van der Waals surface area contributed by atoms with Crippen LogP contribution >= 0.6 is 14.3 Å². The topological polar surface area (TPSA) is 34.1 Å². The van der Waals surface area contributed by atoms with E-state index in [1.54, 1.807) is 0 Å². The Bertz CT molecular complexity index is 1800. The molecule has 0 amide bonds. The fourth-order valence-electron chi connectivity index (χ4n) is 6.44. The highest BCUT2D eigenvalue weighted by Gasteiger charge is 2.38. The van der Waals surface area contributed by atoms with Gasteiger partial charge < -0.3 is 9.13 Å². The van der Waals surface area contributed by atoms with Crippen LogP contribution in [0.3, 0.4) is 0 Å². The molecule has 0 aliphatic rings. The third-order valence-electron chi connectivity index (χ3n) is 8.33. The van der Waals surface area contributed by atoms with Crippen LogP contribution in [0.5, 0.6) is 0 Å². The zero-order valence-corrected chi connectivity index (χ0v) is 27.4. The molecule has 0 fully saturated rings. The van der Waals surface area contributed by atoms with Gasteiger partial charge in [-0.25, -0.2) is 0 Å². The molecule has 6 aromatic rings. The molecule has 0 aliphatic heterocycles. The average molecular weight is 611 g/mol. The van der Waals surface area contributed by atoms with Gasteiger partial charge in [0.05, 0.1) is 0 Å². The predicted octanol–water partition coefficient (Wildman–Crippen LogP) is 7.87. The Hall–Kier alpha value is -4.22. The maximum atomic E-state index is 15.9. The quantitative estimate of drug-likeness (QED) is 0.173. The van der Waals surface area contributed by atoms with Crippen LogP contribution in [0.1, 0.15) is 22.3 Å². The third-order valence-corrected chi connectivity index (χ3v) is 14.5. The summed E-state index contributed by atoms with van der Waals surface area (Å²) in [6, 6.07) is 47.7. The Balaban J connectivity index is 1.78. The lowest BCUT2D eigenvalue weighted by molar-refractivity contribution is 0.591. The molecule has 0 aliphatic carbocycles. The molecule has 0 N–H and O–H groups in total. The summed E-state index contributed by atoms with van der Waals surface area (Å²) in [5.74, 6) is 0. The van der Waals surface area contributed by atoms with Crippen molar-refractivity contribution >= 4 is 46.1 Å². The molecule has 6 aromatic carbocycles. The monoisotopic (exact) mass is 610 g/mol. The van der Waals surface area contributed by atoms with Crippen LogP contribution in [0, 0.1) is 27.7 Å². The maximum Gasteiger partial charge on any atom is 0.171 e. The molecule has 4 heteroatoms. The number of aryl methyl sites for hydroxylation is 4. The molecule has 0 heterocycles. The molecule has 6 rings (SSSR count). The van der Waals surface area contributed by atoms with Crippen molar-refractivity contribution in [2.45, 2.75) is 27.7 Å². The van der Waals surface area contributed by atoms with Crippen LogP contribution in [0.15, 0.2) is 146 Å². The molecule has 0 radical (unpaired) electrons. The number of benzene rings is 6. The molecule has 0 saturated carbocycles. The zero-order valence-electron chi connectivity index (χ0n) is 25.6. The largest absolute Gasteiger partial charge is 0.309 e. The first kappa shape index (κ1) is 29.8. The van der Waals surface area contributed by atoms with E-state index in [0.29, 0.717) is 0 Å². The highest BCUT2D eigenvalue weighted by molar-refractivity contribution is 7.86. The van der Waals surface area contributed by atoms with Gasteiger partial charge in [0, 0.05) is 31.8 Å². The van der Waals surface area contributed by atoms with E-state index in [1.807, 2.05) is 121 Å². The van der Waals surface area contributed by atoms with Crippen LogP contribution in [-0.4, -0.2) is 0 Å². The van der Waals surface area contributed by atoms with Crippen molar-refractivity contribution in [2.24, 2.45) is 0 Å². The molecule has 0 unspecified atom stereocenters. The first-order chi connectivity index (χ1) is 21.2. The zero-order chi connectivity index (χ0) is 30.9. The molecule has 0 aromatic heterocycles. The fraction of sp³-hybridized carbons (Fsp3) is 0.100. The average Bonchev–Trinajstić information content (AvgIpc) is 3.05. The Morgan fingerprint density at radius 1 is 0.364 bits per heavy atom. The minimum Gasteiger partial charge on any atom is -0.309 e. The summed E-state index contributed by atoms with van der Waals surface area (Å²) in [4.78, 5) is 0. The predicted molar refractivity (Wildman–Crippen MR) is 190 cm³/mol. The van der Waals surface area contributed by atoms with Gasteiger partial charge in [0.2, 0.25) is 0 Å². The lowest BCUT2D eigenvalue weighted by atomic mass is 9.94. The van der Waals surface area contributed by atoms with Gasteiger partial charge in [-0.2, -0.15) is 0 Å². The summed E-state index contributed by atoms with van der Waals surface area (Å²) < 4.78 is 31.9. The molecular formula is C40H36O2P2. The second-order valence-corrected chi connectivity index (χ2v) is 17.0. The number of hydrogen-bond acceptors (Lipinski definition) is 2. The Morgan fingerprint density at radius 3 is 0.864 bits per heavy atom. The summed E-state index contributed by atoms with van der Waals surface area (Å²) >= 11 is 0. The van der Waals surface area contributed by atoms with Gasteiger partial charge in [-0.05, 0) is 62.1 Å². The van der Waals surface area contributed by atoms with E-state index >= 15 is 9.13 Å². The molecule has 2 nitrogen and oxygen atoms in total. The SMILES string of the molecule is Cc1cc(C)c(-c2c(C)cc(C)cc2P(=O)(c2ccccc2)c2ccccc2)c(P(=O)(c2ccccc2)c2ccccc2)c1. The first-order valence-electron chi connectivity index (χ1n) is 14.9. The van der Waals surface area contributed by atoms with E-state index in [-0.39, 0.29) is 0 Å². The number of hydrogen-bond donors (Lipinski definition) is 0. The van der Waals surface area contributed by atoms with Crippen LogP contribution in [0.4, 0.5) is 0 Å². The van der Waals surface area contributed by atoms with Crippen molar-refractivity contribution < 1.29 is 9.13 Å². The molecule has 0 spiro atoms. The summed E-state index contributed by atoms with van der Waals surface area (Å²) in [7, 11) is -6.74. The second kappa shape index (κ2) is 12.0. The lowest BCUT2D eigenvalue weighted by Gasteiger charge is -2.29. The molecule has 218 valence electrons. The Kier molecular flexibility index (Phi) is 8.17. The Labute approximate surface area is 261 Å². The smallest absolute Gasteiger partial charge is 0.171 e. The molecular weight excluding hydrogens is 574 g/mol. The summed E-state index contributed by atoms with van der Waals surface area (Å²) in [5, 5.41) is 4.65. The van der Waals surface area contributed by atoms with Gasteiger partial charge in [-0.1, -0.05) is 145 Å². The van der Waals surface area contributed by atoms with E-state index in [0.717, 1.165) is 65.2 Å². The molecule has 44 heavy (non-hydrogen) atoms. The van der Waals surface area contributed by atoms with Gasteiger partial charge in [0.25, 0.3) is 0 Å². The minimum atomic E-state index is -3.37. The third kappa shape index (κ3) is 5.13. The van der Waals surface area contributed by atoms with Crippen LogP contribution < -0.4 is 31.8 Å². The Morgan fingerprint density at radius 2 is 0.614 bits per heavy atom. The fourth-order valence-corrected chi connectivity index (χ4v) is 12.5. The van der Waals surface area contributed by atoms with Gasteiger partial charge in [0.15, 0.2) is 14.3 Å². The van der Waals surface area contributed by atoms with Crippen molar-refractivity contribution in [3.8, 4) is 11.1 Å². The van der Waals surface area contributed by atoms with Crippen molar-refractivity contribution in [3.05, 3.63) is 168 Å². The maximum absolute atomic E-state index is 15.9. The number of rotatable bonds is 7. The van der Waals surface area contributed by atoms with Crippen LogP contribution in [0.2, 0.25) is 0 Å². The standard InChI is InChI=1S/C40H36O2P2/c1-29-25-31(3)39(37(27-29)43(41,33-17-9-5-10-18-33)34-19-11-6-12-20-34)40-32(4)26-30(2)28-38(40)44(42,35-21-13-7-14-22-35)36-23-15-8-16-24-36/h5-28H,1-4H3. The molecule has 0 saturated heterocycles. The highest BCUT2D eigenvalue weighted by atomic mass is 31.2. The van der Waals surface area contributed by atoms with Gasteiger partial charge in [-0.15, -0.1) is 0 Å². The minimum absolute atomic E-state index is 0.772. The van der Waals surface area contributed by atoms with Gasteiger partial charge in [-0.3, -0.25) is 0 Å². The van der Waals surface area contributed by atoms with Gasteiger partial charge >= 0.3 is 0 Å². The first-order valence-corrected chi connectivity index (χ1v) is 18.3. The summed E-state index contributed by atoms with van der Waals surface area (Å²) in [6.45, 7) is 8.29. The van der Waals surface area contributed by atoms with E-state index in [2.05, 4.69) is 52.0 Å².